The van der Waals surface area contributed by atoms with Crippen LogP contribution in [0.25, 0.3) is 6.08 Å². The zero-order chi connectivity index (χ0) is 21.8. The normalized spacial score (nSPS) is 13.7. The van der Waals surface area contributed by atoms with E-state index in [0.717, 1.165) is 35.7 Å². The molecule has 1 aliphatic carbocycles. The largest absolute Gasteiger partial charge is 0.388 e. The predicted octanol–water partition coefficient (Wildman–Crippen LogP) is 6.54. The van der Waals surface area contributed by atoms with Gasteiger partial charge in [-0.05, 0) is 54.7 Å². The fraction of sp³-hybridized carbons (Fsp3) is 0.440. The summed E-state index contributed by atoms with van der Waals surface area (Å²) in [5, 5.41) is 3.58. The second-order valence-electron chi connectivity index (χ2n) is 7.82. The van der Waals surface area contributed by atoms with Crippen molar-refractivity contribution < 1.29 is 4.79 Å². The standard InChI is InChI=1S/C18H28N2O.C7H6ClN/c1-19-17-12-10-16(11-13-17)18(21)20(2)14-6-9-15-7-4-3-5-8-15;1-2-6-3-4-7(8)9-5-6/h10-13,15,19H,3-9,14H2,1-2H3;2-5H,1H2. The quantitative estimate of drug-likeness (QED) is 0.510. The molecule has 5 heteroatoms. The van der Waals surface area contributed by atoms with Crippen LogP contribution in [-0.2, 0) is 0 Å². The number of halogens is 1. The van der Waals surface area contributed by atoms with E-state index in [9.17, 15) is 4.79 Å². The number of aromatic nitrogens is 1. The molecule has 1 aliphatic rings. The molecule has 1 N–H and O–H groups in total. The summed E-state index contributed by atoms with van der Waals surface area (Å²) in [6.07, 6.45) is 12.8. The van der Waals surface area contributed by atoms with Crippen molar-refractivity contribution in [2.24, 2.45) is 5.92 Å². The molecule has 0 radical (unpaired) electrons. The van der Waals surface area contributed by atoms with Crippen molar-refractivity contribution in [3.63, 3.8) is 0 Å². The van der Waals surface area contributed by atoms with Gasteiger partial charge in [-0.2, -0.15) is 0 Å². The number of nitrogens with zero attached hydrogens (tertiary/aromatic N) is 2. The third-order valence-electron chi connectivity index (χ3n) is 5.58. The van der Waals surface area contributed by atoms with Crippen molar-refractivity contribution in [1.82, 2.24) is 9.88 Å². The first kappa shape index (κ1) is 23.9. The lowest BCUT2D eigenvalue weighted by Gasteiger charge is -2.23. The average molecular weight is 428 g/mol. The van der Waals surface area contributed by atoms with Crippen LogP contribution in [0.15, 0.2) is 49.2 Å². The van der Waals surface area contributed by atoms with Crippen LogP contribution in [0.4, 0.5) is 5.69 Å². The van der Waals surface area contributed by atoms with Gasteiger partial charge in [0, 0.05) is 38.1 Å². The Balaban J connectivity index is 0.000000297. The van der Waals surface area contributed by atoms with Crippen molar-refractivity contribution in [1.29, 1.82) is 0 Å². The number of nitrogens with one attached hydrogen (secondary N) is 1. The first-order valence-corrected chi connectivity index (χ1v) is 11.2. The van der Waals surface area contributed by atoms with Gasteiger partial charge < -0.3 is 10.2 Å². The lowest BCUT2D eigenvalue weighted by atomic mass is 9.86. The first-order valence-electron chi connectivity index (χ1n) is 10.8. The van der Waals surface area contributed by atoms with E-state index in [2.05, 4.69) is 16.9 Å². The summed E-state index contributed by atoms with van der Waals surface area (Å²) < 4.78 is 0. The van der Waals surface area contributed by atoms with Crippen LogP contribution in [0, 0.1) is 5.92 Å². The smallest absolute Gasteiger partial charge is 0.253 e. The van der Waals surface area contributed by atoms with Gasteiger partial charge >= 0.3 is 0 Å². The maximum Gasteiger partial charge on any atom is 0.253 e. The third kappa shape index (κ3) is 8.19. The lowest BCUT2D eigenvalue weighted by Crippen LogP contribution is -2.28. The Morgan fingerprint density at radius 3 is 2.47 bits per heavy atom. The minimum absolute atomic E-state index is 0.126. The van der Waals surface area contributed by atoms with Gasteiger partial charge in [0.2, 0.25) is 0 Å². The number of rotatable bonds is 7. The summed E-state index contributed by atoms with van der Waals surface area (Å²) >= 11 is 5.52. The van der Waals surface area contributed by atoms with Gasteiger partial charge in [-0.1, -0.05) is 62.4 Å². The number of pyridine rings is 1. The number of hydrogen-bond acceptors (Lipinski definition) is 3. The molecule has 1 fully saturated rings. The molecule has 2 aromatic rings. The monoisotopic (exact) mass is 427 g/mol. The summed E-state index contributed by atoms with van der Waals surface area (Å²) in [5.41, 5.74) is 2.79. The number of carbonyl (C=O) groups excluding carboxylic acids is 1. The summed E-state index contributed by atoms with van der Waals surface area (Å²) in [6, 6.07) is 11.3. The van der Waals surface area contributed by atoms with Gasteiger partial charge in [0.1, 0.15) is 5.15 Å². The van der Waals surface area contributed by atoms with Crippen LogP contribution in [0.2, 0.25) is 5.15 Å². The Bertz CT molecular complexity index is 768. The van der Waals surface area contributed by atoms with Gasteiger partial charge in [-0.3, -0.25) is 4.79 Å². The van der Waals surface area contributed by atoms with Crippen LogP contribution in [0.3, 0.4) is 0 Å². The molecule has 0 bridgehead atoms. The fourth-order valence-corrected chi connectivity index (χ4v) is 3.81. The van der Waals surface area contributed by atoms with E-state index in [-0.39, 0.29) is 5.91 Å². The highest BCUT2D eigenvalue weighted by Gasteiger charge is 2.15. The maximum absolute atomic E-state index is 12.3. The second-order valence-corrected chi connectivity index (χ2v) is 8.21. The molecule has 1 aromatic heterocycles. The van der Waals surface area contributed by atoms with E-state index >= 15 is 0 Å². The molecule has 0 atom stereocenters. The number of amides is 1. The minimum Gasteiger partial charge on any atom is -0.388 e. The number of hydrogen-bond donors (Lipinski definition) is 1. The van der Waals surface area contributed by atoms with Crippen molar-refractivity contribution >= 4 is 29.3 Å². The van der Waals surface area contributed by atoms with Crippen molar-refractivity contribution in [2.75, 3.05) is 26.0 Å². The molecule has 30 heavy (non-hydrogen) atoms. The van der Waals surface area contributed by atoms with E-state index < -0.39 is 0 Å². The molecule has 162 valence electrons. The maximum atomic E-state index is 12.3. The Labute approximate surface area is 186 Å². The Hall–Kier alpha value is -2.33. The number of carbonyl (C=O) groups is 1. The molecule has 3 rings (SSSR count). The molecule has 1 heterocycles. The third-order valence-corrected chi connectivity index (χ3v) is 5.81. The zero-order valence-corrected chi connectivity index (χ0v) is 19.0. The van der Waals surface area contributed by atoms with E-state index in [4.69, 9.17) is 11.6 Å². The summed E-state index contributed by atoms with van der Waals surface area (Å²) in [6.45, 7) is 4.44. The van der Waals surface area contributed by atoms with Gasteiger partial charge in [0.15, 0.2) is 0 Å². The van der Waals surface area contributed by atoms with Crippen molar-refractivity contribution in [3.05, 3.63) is 65.5 Å². The Morgan fingerprint density at radius 1 is 1.20 bits per heavy atom. The molecule has 4 nitrogen and oxygen atoms in total. The van der Waals surface area contributed by atoms with E-state index in [0.29, 0.717) is 5.15 Å². The van der Waals surface area contributed by atoms with Crippen LogP contribution in [0.1, 0.15) is 60.9 Å². The fourth-order valence-electron chi connectivity index (χ4n) is 3.70. The van der Waals surface area contributed by atoms with Crippen LogP contribution < -0.4 is 5.32 Å². The molecule has 1 amide bonds. The van der Waals surface area contributed by atoms with Gasteiger partial charge in [-0.25, -0.2) is 4.98 Å². The molecule has 0 saturated heterocycles. The molecule has 1 saturated carbocycles. The first-order chi connectivity index (χ1) is 14.5. The average Bonchev–Trinajstić information content (AvgIpc) is 2.80. The Kier molecular flexibility index (Phi) is 10.4. The predicted molar refractivity (Wildman–Crippen MR) is 128 cm³/mol. The molecular formula is C25H34ClN3O. The minimum atomic E-state index is 0.126. The molecule has 0 spiro atoms. The topological polar surface area (TPSA) is 45.2 Å². The van der Waals surface area contributed by atoms with Gasteiger partial charge in [0.25, 0.3) is 5.91 Å². The van der Waals surface area contributed by atoms with E-state index in [1.807, 2.05) is 49.3 Å². The molecule has 1 aromatic carbocycles. The summed E-state index contributed by atoms with van der Waals surface area (Å²) in [5.74, 6) is 1.03. The molecule has 0 unspecified atom stereocenters. The highest BCUT2D eigenvalue weighted by atomic mass is 35.5. The summed E-state index contributed by atoms with van der Waals surface area (Å²) in [7, 11) is 3.80. The SMILES string of the molecule is C=Cc1ccc(Cl)nc1.CNc1ccc(C(=O)N(C)CCCC2CCCCC2)cc1. The van der Waals surface area contributed by atoms with Gasteiger partial charge in [-0.15, -0.1) is 0 Å². The highest BCUT2D eigenvalue weighted by Crippen LogP contribution is 2.27. The van der Waals surface area contributed by atoms with E-state index in [1.54, 1.807) is 18.3 Å². The number of anilines is 1. The van der Waals surface area contributed by atoms with Gasteiger partial charge in [0.05, 0.1) is 0 Å². The van der Waals surface area contributed by atoms with E-state index in [1.165, 1.54) is 38.5 Å². The zero-order valence-electron chi connectivity index (χ0n) is 18.2. The van der Waals surface area contributed by atoms with Crippen LogP contribution >= 0.6 is 11.6 Å². The van der Waals surface area contributed by atoms with Crippen LogP contribution in [0.5, 0.6) is 0 Å². The van der Waals surface area contributed by atoms with Crippen LogP contribution in [-0.4, -0.2) is 36.4 Å². The molecule has 0 aliphatic heterocycles. The molecular weight excluding hydrogens is 394 g/mol. The number of benzene rings is 1. The Morgan fingerprint density at radius 2 is 1.90 bits per heavy atom. The summed E-state index contributed by atoms with van der Waals surface area (Å²) in [4.78, 5) is 18.0. The second kappa shape index (κ2) is 13.1. The lowest BCUT2D eigenvalue weighted by molar-refractivity contribution is 0.0790. The van der Waals surface area contributed by atoms with Crippen molar-refractivity contribution in [3.8, 4) is 0 Å². The highest BCUT2D eigenvalue weighted by molar-refractivity contribution is 6.29. The van der Waals surface area contributed by atoms with Crippen molar-refractivity contribution in [2.45, 2.75) is 44.9 Å².